The number of quaternary nitrogens is 1. The van der Waals surface area contributed by atoms with Crippen molar-refractivity contribution in [2.75, 3.05) is 19.6 Å². The van der Waals surface area contributed by atoms with Crippen molar-refractivity contribution < 1.29 is 14.3 Å². The van der Waals surface area contributed by atoms with Crippen LogP contribution in [0.25, 0.3) is 0 Å². The van der Waals surface area contributed by atoms with Gasteiger partial charge >= 0.3 is 5.97 Å². The smallest absolute Gasteiger partial charge is 0.0823 e. The monoisotopic (exact) mass is 438 g/mol. The SMILES string of the molecule is C=C(C)C(=[O+])O[N+](CCCCCCCC)(CCCCCCCC)CCCCCCCC. The van der Waals surface area contributed by atoms with Crippen LogP contribution in [0.2, 0.25) is 0 Å². The Balaban J connectivity index is 4.88. The summed E-state index contributed by atoms with van der Waals surface area (Å²) in [6.45, 7) is 15.3. The Morgan fingerprint density at radius 3 is 1.16 bits per heavy atom. The highest BCUT2D eigenvalue weighted by atomic mass is 16.7. The average molecular weight is 439 g/mol. The lowest BCUT2D eigenvalue weighted by Crippen LogP contribution is -2.51. The Hall–Kier alpha value is -0.830. The zero-order valence-corrected chi connectivity index (χ0v) is 21.8. The number of hydrogen-bond donors (Lipinski definition) is 0. The number of rotatable bonds is 23. The van der Waals surface area contributed by atoms with E-state index in [1.54, 1.807) is 6.92 Å². The van der Waals surface area contributed by atoms with Crippen LogP contribution in [0.3, 0.4) is 0 Å². The summed E-state index contributed by atoms with van der Waals surface area (Å²) in [6, 6.07) is 0. The predicted octanol–water partition coefficient (Wildman–Crippen LogP) is 8.92. The summed E-state index contributed by atoms with van der Waals surface area (Å²) in [5, 5.41) is 0. The second-order valence-corrected chi connectivity index (χ2v) is 9.69. The number of carbonyl (C=O) groups excluding carboxylic acids is 1. The van der Waals surface area contributed by atoms with Gasteiger partial charge in [0.1, 0.15) is 25.2 Å². The molecule has 3 heteroatoms. The molecule has 0 spiro atoms. The third-order valence-corrected chi connectivity index (χ3v) is 6.38. The van der Waals surface area contributed by atoms with E-state index in [0.717, 1.165) is 38.9 Å². The molecule has 0 aliphatic heterocycles. The maximum Gasteiger partial charge on any atom is 0.665 e. The van der Waals surface area contributed by atoms with Crippen LogP contribution < -0.4 is 0 Å². The van der Waals surface area contributed by atoms with E-state index in [9.17, 15) is 4.79 Å². The highest BCUT2D eigenvalue weighted by Gasteiger charge is 2.41. The molecule has 0 aromatic rings. The molecule has 3 nitrogen and oxygen atoms in total. The van der Waals surface area contributed by atoms with Crippen LogP contribution >= 0.6 is 0 Å². The topological polar surface area (TPSA) is 29.1 Å². The first-order chi connectivity index (χ1) is 15.0. The molecule has 0 saturated carbocycles. The van der Waals surface area contributed by atoms with E-state index in [1.165, 1.54) is 96.3 Å². The van der Waals surface area contributed by atoms with Crippen LogP contribution in [0.15, 0.2) is 12.2 Å². The number of carbonyl (C=O) groups is 1. The van der Waals surface area contributed by atoms with Crippen LogP contribution in [0.4, 0.5) is 0 Å². The molecule has 0 unspecified atom stereocenters. The fraction of sp³-hybridized carbons (Fsp3) is 0.893. The average Bonchev–Trinajstić information content (AvgIpc) is 2.75. The molecular formula is C28H56NO2+2. The summed E-state index contributed by atoms with van der Waals surface area (Å²) in [4.78, 5) is 18.7. The Bertz CT molecular complexity index is 392. The van der Waals surface area contributed by atoms with Crippen LogP contribution in [-0.4, -0.2) is 30.2 Å². The van der Waals surface area contributed by atoms with E-state index in [2.05, 4.69) is 27.4 Å². The van der Waals surface area contributed by atoms with Crippen molar-refractivity contribution in [1.82, 2.24) is 0 Å². The van der Waals surface area contributed by atoms with Crippen LogP contribution in [-0.2, 0) is 9.63 Å². The minimum absolute atomic E-state index is 0.206. The van der Waals surface area contributed by atoms with Crippen molar-refractivity contribution >= 4 is 5.97 Å². The molecule has 0 saturated heterocycles. The number of nitrogens with zero attached hydrogens (tertiary/aromatic N) is 1. The van der Waals surface area contributed by atoms with Gasteiger partial charge in [-0.2, -0.15) is 0 Å². The van der Waals surface area contributed by atoms with Gasteiger partial charge in [-0.1, -0.05) is 114 Å². The molecule has 0 fully saturated rings. The minimum atomic E-state index is -0.206. The van der Waals surface area contributed by atoms with Gasteiger partial charge in [0.15, 0.2) is 0 Å². The summed E-state index contributed by atoms with van der Waals surface area (Å²) in [7, 11) is 0. The normalized spacial score (nSPS) is 11.6. The Morgan fingerprint density at radius 2 is 0.871 bits per heavy atom. The molecule has 0 atom stereocenters. The molecule has 0 rings (SSSR count). The summed E-state index contributed by atoms with van der Waals surface area (Å²) < 4.78 is 0.529. The van der Waals surface area contributed by atoms with E-state index in [-0.39, 0.29) is 5.97 Å². The fourth-order valence-electron chi connectivity index (χ4n) is 4.27. The molecule has 0 aromatic carbocycles. The van der Waals surface area contributed by atoms with Crippen molar-refractivity contribution in [3.63, 3.8) is 0 Å². The minimum Gasteiger partial charge on any atom is -0.0823 e. The number of hydroxylamine groups is 3. The summed E-state index contributed by atoms with van der Waals surface area (Å²) >= 11 is 0. The maximum absolute atomic E-state index is 12.5. The molecule has 0 N–H and O–H groups in total. The Labute approximate surface area is 195 Å². The van der Waals surface area contributed by atoms with Crippen molar-refractivity contribution in [2.24, 2.45) is 0 Å². The van der Waals surface area contributed by atoms with Crippen molar-refractivity contribution in [2.45, 2.75) is 143 Å². The first-order valence-corrected chi connectivity index (χ1v) is 13.8. The van der Waals surface area contributed by atoms with Gasteiger partial charge in [0, 0.05) is 19.3 Å². The summed E-state index contributed by atoms with van der Waals surface area (Å²) in [5.74, 6) is -0.206. The lowest BCUT2D eigenvalue weighted by molar-refractivity contribution is -1.09. The zero-order valence-electron chi connectivity index (χ0n) is 21.8. The third-order valence-electron chi connectivity index (χ3n) is 6.38. The number of unbranched alkanes of at least 4 members (excludes halogenated alkanes) is 15. The van der Waals surface area contributed by atoms with E-state index < -0.39 is 0 Å². The summed E-state index contributed by atoms with van der Waals surface area (Å²) in [6.07, 6.45) is 22.9. The lowest BCUT2D eigenvalue weighted by Gasteiger charge is -2.28. The molecule has 1 radical (unpaired) electrons. The van der Waals surface area contributed by atoms with Crippen LogP contribution in [0.5, 0.6) is 0 Å². The highest BCUT2D eigenvalue weighted by Crippen LogP contribution is 2.20. The van der Waals surface area contributed by atoms with Crippen molar-refractivity contribution in [3.8, 4) is 0 Å². The fourth-order valence-corrected chi connectivity index (χ4v) is 4.27. The standard InChI is InChI=1S/C28H56NO2/c1-6-9-12-15-18-21-24-29(31-28(30)27(4)5,25-22-19-16-13-10-7-2)26-23-20-17-14-11-8-3/h4,6-26H2,1-3,5H3/q+2. The van der Waals surface area contributed by atoms with Crippen molar-refractivity contribution in [3.05, 3.63) is 12.2 Å². The van der Waals surface area contributed by atoms with E-state index in [1.807, 2.05) is 0 Å². The molecule has 31 heavy (non-hydrogen) atoms. The van der Waals surface area contributed by atoms with Gasteiger partial charge in [-0.25, -0.2) is 0 Å². The first-order valence-electron chi connectivity index (χ1n) is 13.8. The maximum atomic E-state index is 12.5. The lowest BCUT2D eigenvalue weighted by atomic mass is 10.1. The molecular weight excluding hydrogens is 382 g/mol. The first kappa shape index (κ1) is 30.2. The van der Waals surface area contributed by atoms with E-state index >= 15 is 0 Å². The molecule has 0 bridgehead atoms. The van der Waals surface area contributed by atoms with Gasteiger partial charge in [0.05, 0.1) is 4.79 Å². The zero-order chi connectivity index (χ0) is 23.2. The quantitative estimate of drug-likeness (QED) is 0.0523. The second-order valence-electron chi connectivity index (χ2n) is 9.69. The van der Waals surface area contributed by atoms with Gasteiger partial charge in [0.2, 0.25) is 0 Å². The van der Waals surface area contributed by atoms with Gasteiger partial charge in [-0.05, 0) is 26.2 Å². The van der Waals surface area contributed by atoms with Crippen LogP contribution in [0.1, 0.15) is 143 Å². The molecule has 0 amide bonds. The molecule has 0 aliphatic rings. The third kappa shape index (κ3) is 17.4. The van der Waals surface area contributed by atoms with Crippen molar-refractivity contribution in [1.29, 1.82) is 0 Å². The predicted molar refractivity (Wildman–Crippen MR) is 136 cm³/mol. The van der Waals surface area contributed by atoms with Gasteiger partial charge < -0.3 is 0 Å². The van der Waals surface area contributed by atoms with E-state index in [0.29, 0.717) is 10.2 Å². The van der Waals surface area contributed by atoms with E-state index in [4.69, 9.17) is 4.84 Å². The molecule has 0 aliphatic carbocycles. The molecule has 0 heterocycles. The number of hydrogen-bond acceptors (Lipinski definition) is 2. The van der Waals surface area contributed by atoms with Gasteiger partial charge in [-0.15, -0.1) is 0 Å². The highest BCUT2D eigenvalue weighted by molar-refractivity contribution is 5.86. The second kappa shape index (κ2) is 21.0. The van der Waals surface area contributed by atoms with Gasteiger partial charge in [-0.3, -0.25) is 0 Å². The Morgan fingerprint density at radius 1 is 0.581 bits per heavy atom. The molecule has 0 aromatic heterocycles. The van der Waals surface area contributed by atoms with Crippen LogP contribution in [0, 0.1) is 0 Å². The Kier molecular flexibility index (Phi) is 20.5. The molecule has 183 valence electrons. The largest absolute Gasteiger partial charge is 0.665 e. The van der Waals surface area contributed by atoms with Gasteiger partial charge in [0.25, 0.3) is 0 Å². The summed E-state index contributed by atoms with van der Waals surface area (Å²) in [5.41, 5.74) is 0.524.